The van der Waals surface area contributed by atoms with Gasteiger partial charge in [-0.05, 0) is 88.6 Å². The first-order valence-corrected chi connectivity index (χ1v) is 9.53. The normalized spacial score (nSPS) is 40.7. The van der Waals surface area contributed by atoms with E-state index in [0.717, 1.165) is 17.8 Å². The van der Waals surface area contributed by atoms with Crippen molar-refractivity contribution in [3.63, 3.8) is 0 Å². The number of nitrogens with one attached hydrogen (secondary N) is 1. The lowest BCUT2D eigenvalue weighted by molar-refractivity contribution is -0.0722. The fourth-order valence-electron chi connectivity index (χ4n) is 6.23. The van der Waals surface area contributed by atoms with Crippen molar-refractivity contribution in [1.82, 2.24) is 10.2 Å². The summed E-state index contributed by atoms with van der Waals surface area (Å²) in [4.78, 5) is 2.55. The number of likely N-dealkylation sites (N-methyl/N-ethyl adjacent to an activating group) is 1. The third-order valence-electron chi connectivity index (χ3n) is 6.97. The van der Waals surface area contributed by atoms with Crippen molar-refractivity contribution in [2.75, 3.05) is 19.6 Å². The van der Waals surface area contributed by atoms with Crippen LogP contribution in [0.5, 0.6) is 0 Å². The Morgan fingerprint density at radius 3 is 1.86 bits per heavy atom. The van der Waals surface area contributed by atoms with E-state index in [4.69, 9.17) is 0 Å². The van der Waals surface area contributed by atoms with Crippen LogP contribution < -0.4 is 5.32 Å². The molecule has 2 heteroatoms. The zero-order valence-electron chi connectivity index (χ0n) is 14.7. The number of hydrogen-bond acceptors (Lipinski definition) is 2. The second kappa shape index (κ2) is 6.20. The predicted molar refractivity (Wildman–Crippen MR) is 90.5 cm³/mol. The second-order valence-electron chi connectivity index (χ2n) is 8.56. The van der Waals surface area contributed by atoms with Gasteiger partial charge in [0.25, 0.3) is 0 Å². The van der Waals surface area contributed by atoms with Crippen LogP contribution in [-0.2, 0) is 0 Å². The highest BCUT2D eigenvalue weighted by Crippen LogP contribution is 2.61. The van der Waals surface area contributed by atoms with Gasteiger partial charge in [-0.25, -0.2) is 0 Å². The van der Waals surface area contributed by atoms with E-state index in [1.807, 2.05) is 0 Å². The van der Waals surface area contributed by atoms with Gasteiger partial charge in [0.1, 0.15) is 0 Å². The van der Waals surface area contributed by atoms with E-state index >= 15 is 0 Å². The van der Waals surface area contributed by atoms with Gasteiger partial charge in [-0.3, -0.25) is 0 Å². The van der Waals surface area contributed by atoms with Crippen LogP contribution in [0.15, 0.2) is 0 Å². The number of nitrogens with zero attached hydrogens (tertiary/aromatic N) is 1. The monoisotopic (exact) mass is 292 g/mol. The molecule has 4 fully saturated rings. The van der Waals surface area contributed by atoms with E-state index in [0.29, 0.717) is 17.5 Å². The number of rotatable bonds is 7. The molecular weight excluding hydrogens is 256 g/mol. The van der Waals surface area contributed by atoms with Gasteiger partial charge in [0.05, 0.1) is 0 Å². The fourth-order valence-corrected chi connectivity index (χ4v) is 6.23. The highest BCUT2D eigenvalue weighted by Gasteiger charge is 2.53. The second-order valence-corrected chi connectivity index (χ2v) is 8.56. The van der Waals surface area contributed by atoms with E-state index in [-0.39, 0.29) is 0 Å². The molecule has 122 valence electrons. The Hall–Kier alpha value is -0.0800. The molecule has 4 rings (SSSR count). The predicted octanol–water partition coefficient (Wildman–Crippen LogP) is 3.91. The maximum absolute atomic E-state index is 3.99. The van der Waals surface area contributed by atoms with Crippen LogP contribution in [-0.4, -0.2) is 36.6 Å². The molecule has 0 heterocycles. The summed E-state index contributed by atoms with van der Waals surface area (Å²) in [6.45, 7) is 13.0. The highest BCUT2D eigenvalue weighted by atomic mass is 15.1. The Kier molecular flexibility index (Phi) is 4.66. The maximum atomic E-state index is 3.99. The largest absolute Gasteiger partial charge is 0.310 e. The Balaban J connectivity index is 1.59. The summed E-state index contributed by atoms with van der Waals surface area (Å²) >= 11 is 0. The van der Waals surface area contributed by atoms with Gasteiger partial charge in [-0.1, -0.05) is 13.8 Å². The van der Waals surface area contributed by atoms with E-state index in [9.17, 15) is 0 Å². The highest BCUT2D eigenvalue weighted by molar-refractivity contribution is 5.05. The Bertz CT molecular complexity index is 312. The molecule has 0 aromatic heterocycles. The SMILES string of the molecule is CCN(CC)CC(C)NC(C)C12CC3CC(CC(C3)C1)C2. The minimum Gasteiger partial charge on any atom is -0.310 e. The quantitative estimate of drug-likeness (QED) is 0.765. The zero-order valence-corrected chi connectivity index (χ0v) is 14.7. The molecule has 0 amide bonds. The summed E-state index contributed by atoms with van der Waals surface area (Å²) < 4.78 is 0. The van der Waals surface area contributed by atoms with Crippen LogP contribution >= 0.6 is 0 Å². The van der Waals surface area contributed by atoms with Gasteiger partial charge < -0.3 is 10.2 Å². The summed E-state index contributed by atoms with van der Waals surface area (Å²) in [6, 6.07) is 1.32. The van der Waals surface area contributed by atoms with Crippen molar-refractivity contribution < 1.29 is 0 Å². The molecule has 0 aromatic rings. The maximum Gasteiger partial charge on any atom is 0.0169 e. The smallest absolute Gasteiger partial charge is 0.0169 e. The van der Waals surface area contributed by atoms with Crippen molar-refractivity contribution >= 4 is 0 Å². The van der Waals surface area contributed by atoms with Gasteiger partial charge >= 0.3 is 0 Å². The molecule has 0 radical (unpaired) electrons. The molecule has 0 spiro atoms. The minimum atomic E-state index is 0.618. The van der Waals surface area contributed by atoms with Gasteiger partial charge in [0.15, 0.2) is 0 Å². The van der Waals surface area contributed by atoms with Gasteiger partial charge in [-0.2, -0.15) is 0 Å². The third-order valence-corrected chi connectivity index (χ3v) is 6.97. The molecule has 2 atom stereocenters. The first-order chi connectivity index (χ1) is 10.0. The summed E-state index contributed by atoms with van der Waals surface area (Å²) in [5.41, 5.74) is 0.645. The Labute approximate surface area is 132 Å². The van der Waals surface area contributed by atoms with E-state index in [1.165, 1.54) is 38.9 Å². The lowest BCUT2D eigenvalue weighted by Crippen LogP contribution is -2.57. The topological polar surface area (TPSA) is 15.3 Å². The van der Waals surface area contributed by atoms with Crippen LogP contribution in [0.4, 0.5) is 0 Å². The van der Waals surface area contributed by atoms with Crippen molar-refractivity contribution in [2.45, 2.75) is 78.3 Å². The molecule has 4 bridgehead atoms. The van der Waals surface area contributed by atoms with Crippen LogP contribution in [0, 0.1) is 23.2 Å². The van der Waals surface area contributed by atoms with Crippen molar-refractivity contribution in [3.8, 4) is 0 Å². The molecule has 0 aliphatic heterocycles. The minimum absolute atomic E-state index is 0.618. The Morgan fingerprint density at radius 1 is 0.952 bits per heavy atom. The van der Waals surface area contributed by atoms with Gasteiger partial charge in [0, 0.05) is 18.6 Å². The molecule has 2 nitrogen and oxygen atoms in total. The summed E-state index contributed by atoms with van der Waals surface area (Å²) in [7, 11) is 0. The molecule has 4 aliphatic rings. The standard InChI is InChI=1S/C19H36N2/c1-5-21(6-2)13-14(3)20-15(4)19-10-16-7-17(11-19)9-18(8-16)12-19/h14-18,20H,5-13H2,1-4H3. The summed E-state index contributed by atoms with van der Waals surface area (Å²) in [6.07, 6.45) is 9.23. The van der Waals surface area contributed by atoms with Crippen LogP contribution in [0.3, 0.4) is 0 Å². The molecule has 0 aromatic carbocycles. The van der Waals surface area contributed by atoms with Crippen molar-refractivity contribution in [3.05, 3.63) is 0 Å². The third kappa shape index (κ3) is 3.17. The lowest BCUT2D eigenvalue weighted by atomic mass is 9.48. The van der Waals surface area contributed by atoms with Crippen LogP contribution in [0.25, 0.3) is 0 Å². The molecule has 4 aliphatic carbocycles. The molecule has 2 unspecified atom stereocenters. The van der Waals surface area contributed by atoms with Gasteiger partial charge in [-0.15, -0.1) is 0 Å². The molecule has 21 heavy (non-hydrogen) atoms. The summed E-state index contributed by atoms with van der Waals surface area (Å²) in [5, 5.41) is 3.99. The first kappa shape index (κ1) is 15.8. The van der Waals surface area contributed by atoms with E-state index in [2.05, 4.69) is 37.9 Å². The fraction of sp³-hybridized carbons (Fsp3) is 1.00. The molecular formula is C19H36N2. The molecule has 4 saturated carbocycles. The summed E-state index contributed by atoms with van der Waals surface area (Å²) in [5.74, 6) is 3.20. The zero-order chi connectivity index (χ0) is 15.0. The van der Waals surface area contributed by atoms with Crippen LogP contribution in [0.2, 0.25) is 0 Å². The Morgan fingerprint density at radius 2 is 1.43 bits per heavy atom. The van der Waals surface area contributed by atoms with E-state index in [1.54, 1.807) is 19.3 Å². The van der Waals surface area contributed by atoms with E-state index < -0.39 is 0 Å². The van der Waals surface area contributed by atoms with Crippen molar-refractivity contribution in [1.29, 1.82) is 0 Å². The number of hydrogen-bond donors (Lipinski definition) is 1. The van der Waals surface area contributed by atoms with Gasteiger partial charge in [0.2, 0.25) is 0 Å². The first-order valence-electron chi connectivity index (χ1n) is 9.53. The molecule has 1 N–H and O–H groups in total. The van der Waals surface area contributed by atoms with Crippen LogP contribution in [0.1, 0.15) is 66.2 Å². The lowest BCUT2D eigenvalue weighted by Gasteiger charge is -2.59. The average Bonchev–Trinajstić information content (AvgIpc) is 2.43. The van der Waals surface area contributed by atoms with Crippen molar-refractivity contribution in [2.24, 2.45) is 23.2 Å². The average molecular weight is 293 g/mol. The molecule has 0 saturated heterocycles.